The number of aromatic nitrogens is 5. The smallest absolute Gasteiger partial charge is 0.192 e. The van der Waals surface area contributed by atoms with Gasteiger partial charge in [0.05, 0.1) is 11.4 Å². The third kappa shape index (κ3) is 2.64. The largest absolute Gasteiger partial charge is 0.360 e. The highest BCUT2D eigenvalue weighted by atomic mass is 32.2. The molecular weight excluding hydrogens is 346 g/mol. The van der Waals surface area contributed by atoms with Gasteiger partial charge in [-0.3, -0.25) is 9.36 Å². The molecule has 5 rings (SSSR count). The van der Waals surface area contributed by atoms with E-state index in [0.29, 0.717) is 17.5 Å². The number of rotatable bonds is 6. The summed E-state index contributed by atoms with van der Waals surface area (Å²) in [7, 11) is 0. The number of para-hydroxylation sites is 1. The Hall–Kier alpha value is -2.80. The molecule has 0 atom stereocenters. The van der Waals surface area contributed by atoms with Crippen LogP contribution in [-0.2, 0) is 0 Å². The monoisotopic (exact) mass is 363 g/mol. The number of carbonyl (C=O) groups is 1. The van der Waals surface area contributed by atoms with Crippen LogP contribution >= 0.6 is 11.8 Å². The summed E-state index contributed by atoms with van der Waals surface area (Å²) in [5.74, 6) is 1.29. The number of nitrogens with one attached hydrogen (secondary N) is 2. The van der Waals surface area contributed by atoms with Crippen LogP contribution in [0.4, 0.5) is 0 Å². The Labute approximate surface area is 154 Å². The maximum Gasteiger partial charge on any atom is 0.192 e. The number of nitrogens with zero attached hydrogens (tertiary/aromatic N) is 3. The molecule has 1 aromatic carbocycles. The first-order valence-corrected chi connectivity index (χ1v) is 9.60. The van der Waals surface area contributed by atoms with Gasteiger partial charge < -0.3 is 9.97 Å². The minimum atomic E-state index is 0.0685. The highest BCUT2D eigenvalue weighted by Gasteiger charge is 2.31. The van der Waals surface area contributed by atoms with E-state index in [1.54, 1.807) is 12.3 Å². The van der Waals surface area contributed by atoms with Crippen LogP contribution in [0.3, 0.4) is 0 Å². The Kier molecular flexibility index (Phi) is 3.67. The van der Waals surface area contributed by atoms with E-state index >= 15 is 0 Å². The quantitative estimate of drug-likeness (QED) is 0.400. The molecule has 0 unspecified atom stereocenters. The Morgan fingerprint density at radius 1 is 1.15 bits per heavy atom. The van der Waals surface area contributed by atoms with Crippen LogP contribution in [0.25, 0.3) is 22.3 Å². The number of benzene rings is 1. The van der Waals surface area contributed by atoms with Crippen LogP contribution in [0, 0.1) is 0 Å². The Morgan fingerprint density at radius 2 is 2.04 bits per heavy atom. The van der Waals surface area contributed by atoms with Gasteiger partial charge in [-0.15, -0.1) is 10.2 Å². The third-order valence-corrected chi connectivity index (χ3v) is 5.58. The Bertz CT molecular complexity index is 1070. The lowest BCUT2D eigenvalue weighted by atomic mass is 10.1. The Morgan fingerprint density at radius 3 is 2.85 bits per heavy atom. The second-order valence-electron chi connectivity index (χ2n) is 6.45. The molecule has 0 radical (unpaired) electrons. The molecule has 1 fully saturated rings. The number of Topliss-reactive ketones (excluding diaryl/α,β-unsaturated/α-hetero) is 1. The fraction of sp³-hybridized carbons (Fsp3) is 0.211. The molecule has 7 heteroatoms. The lowest BCUT2D eigenvalue weighted by molar-refractivity contribution is 0.101. The maximum absolute atomic E-state index is 12.3. The summed E-state index contributed by atoms with van der Waals surface area (Å²) in [4.78, 5) is 18.5. The number of fused-ring (bicyclic) bond motifs is 1. The second kappa shape index (κ2) is 6.17. The molecule has 6 nitrogen and oxygen atoms in total. The van der Waals surface area contributed by atoms with E-state index in [2.05, 4.69) is 36.9 Å². The van der Waals surface area contributed by atoms with Crippen LogP contribution in [-0.4, -0.2) is 36.3 Å². The summed E-state index contributed by atoms with van der Waals surface area (Å²) in [6.45, 7) is 0. The molecule has 1 aliphatic rings. The predicted octanol–water partition coefficient (Wildman–Crippen LogP) is 4.06. The molecule has 1 aliphatic carbocycles. The van der Waals surface area contributed by atoms with Crippen molar-refractivity contribution in [1.29, 1.82) is 0 Å². The molecule has 0 aliphatic heterocycles. The lowest BCUT2D eigenvalue weighted by Gasteiger charge is -2.08. The number of aromatic amines is 2. The molecule has 0 amide bonds. The molecule has 3 heterocycles. The third-order valence-electron chi connectivity index (χ3n) is 4.64. The second-order valence-corrected chi connectivity index (χ2v) is 7.39. The van der Waals surface area contributed by atoms with Gasteiger partial charge in [0.1, 0.15) is 0 Å². The molecule has 4 aromatic rings. The van der Waals surface area contributed by atoms with Crippen LogP contribution in [0.15, 0.2) is 53.9 Å². The van der Waals surface area contributed by atoms with Crippen molar-refractivity contribution >= 4 is 28.4 Å². The average Bonchev–Trinajstić information content (AvgIpc) is 3.09. The molecule has 26 heavy (non-hydrogen) atoms. The molecule has 0 spiro atoms. The number of thioether (sulfide) groups is 1. The highest BCUT2D eigenvalue weighted by molar-refractivity contribution is 7.99. The van der Waals surface area contributed by atoms with Crippen LogP contribution in [0.5, 0.6) is 0 Å². The van der Waals surface area contributed by atoms with Gasteiger partial charge in [-0.25, -0.2) is 0 Å². The Balaban J connectivity index is 1.47. The van der Waals surface area contributed by atoms with Crippen molar-refractivity contribution in [2.75, 3.05) is 5.75 Å². The van der Waals surface area contributed by atoms with E-state index in [1.165, 1.54) is 11.8 Å². The van der Waals surface area contributed by atoms with Gasteiger partial charge in [0, 0.05) is 34.9 Å². The van der Waals surface area contributed by atoms with Crippen molar-refractivity contribution in [2.45, 2.75) is 24.0 Å². The summed E-state index contributed by atoms with van der Waals surface area (Å²) in [6, 6.07) is 12.3. The van der Waals surface area contributed by atoms with Crippen molar-refractivity contribution in [2.24, 2.45) is 0 Å². The molecular formula is C19H17N5OS. The molecule has 1 saturated carbocycles. The zero-order chi connectivity index (χ0) is 17.5. The fourth-order valence-electron chi connectivity index (χ4n) is 3.19. The zero-order valence-corrected chi connectivity index (χ0v) is 14.8. The number of hydrogen-bond donors (Lipinski definition) is 2. The van der Waals surface area contributed by atoms with Crippen LogP contribution in [0.1, 0.15) is 29.4 Å². The van der Waals surface area contributed by atoms with Crippen molar-refractivity contribution in [3.05, 3.63) is 54.5 Å². The summed E-state index contributed by atoms with van der Waals surface area (Å²) in [6.07, 6.45) is 6.02. The zero-order valence-electron chi connectivity index (χ0n) is 14.0. The van der Waals surface area contributed by atoms with Crippen LogP contribution < -0.4 is 0 Å². The number of hydrogen-bond acceptors (Lipinski definition) is 4. The van der Waals surface area contributed by atoms with E-state index in [-0.39, 0.29) is 5.78 Å². The van der Waals surface area contributed by atoms with E-state index < -0.39 is 0 Å². The minimum Gasteiger partial charge on any atom is -0.360 e. The number of ketones is 1. The maximum atomic E-state index is 12.3. The van der Waals surface area contributed by atoms with Gasteiger partial charge >= 0.3 is 0 Å². The molecule has 0 bridgehead atoms. The van der Waals surface area contributed by atoms with Gasteiger partial charge in [0.15, 0.2) is 16.8 Å². The predicted molar refractivity (Wildman–Crippen MR) is 101 cm³/mol. The van der Waals surface area contributed by atoms with Gasteiger partial charge in [-0.05, 0) is 31.0 Å². The minimum absolute atomic E-state index is 0.0685. The fourth-order valence-corrected chi connectivity index (χ4v) is 4.08. The summed E-state index contributed by atoms with van der Waals surface area (Å²) in [5.41, 5.74) is 2.78. The van der Waals surface area contributed by atoms with E-state index in [1.807, 2.05) is 24.4 Å². The van der Waals surface area contributed by atoms with Gasteiger partial charge in [0.2, 0.25) is 0 Å². The van der Waals surface area contributed by atoms with Crippen molar-refractivity contribution in [3.8, 4) is 11.4 Å². The molecule has 3 aromatic heterocycles. The van der Waals surface area contributed by atoms with Crippen LogP contribution in [0.2, 0.25) is 0 Å². The molecule has 0 saturated heterocycles. The summed E-state index contributed by atoms with van der Waals surface area (Å²) < 4.78 is 2.20. The number of H-pyrrole nitrogens is 2. The molecule has 130 valence electrons. The van der Waals surface area contributed by atoms with Crippen molar-refractivity contribution in [1.82, 2.24) is 24.7 Å². The van der Waals surface area contributed by atoms with Crippen molar-refractivity contribution < 1.29 is 4.79 Å². The van der Waals surface area contributed by atoms with E-state index in [0.717, 1.165) is 40.3 Å². The summed E-state index contributed by atoms with van der Waals surface area (Å²) >= 11 is 1.45. The first-order valence-electron chi connectivity index (χ1n) is 8.62. The first kappa shape index (κ1) is 15.5. The number of carbonyl (C=O) groups excluding carboxylic acids is 1. The van der Waals surface area contributed by atoms with E-state index in [9.17, 15) is 4.79 Å². The topological polar surface area (TPSA) is 79.4 Å². The summed E-state index contributed by atoms with van der Waals surface area (Å²) in [5, 5.41) is 10.8. The highest BCUT2D eigenvalue weighted by Crippen LogP contribution is 2.42. The standard InChI is InChI=1S/C19H17N5OS/c25-17(16-6-3-9-20-16)11-26-19-23-22-18(24(19)12-7-8-12)14-10-21-15-5-2-1-4-13(14)15/h1-6,9-10,12,20-21H,7-8,11H2. The lowest BCUT2D eigenvalue weighted by Crippen LogP contribution is -2.05. The van der Waals surface area contributed by atoms with Gasteiger partial charge in [-0.2, -0.15) is 0 Å². The molecule has 2 N–H and O–H groups in total. The first-order chi connectivity index (χ1) is 12.8. The average molecular weight is 363 g/mol. The van der Waals surface area contributed by atoms with Crippen molar-refractivity contribution in [3.63, 3.8) is 0 Å². The SMILES string of the molecule is O=C(CSc1nnc(-c2c[nH]c3ccccc23)n1C1CC1)c1ccc[nH]1. The normalized spacial score (nSPS) is 14.2. The van der Waals surface area contributed by atoms with E-state index in [4.69, 9.17) is 0 Å². The van der Waals surface area contributed by atoms with Gasteiger partial charge in [0.25, 0.3) is 0 Å². The van der Waals surface area contributed by atoms with Gasteiger partial charge in [-0.1, -0.05) is 30.0 Å².